The Morgan fingerprint density at radius 3 is 1.00 bits per heavy atom. The van der Waals surface area contributed by atoms with Crippen molar-refractivity contribution < 1.29 is 27.9 Å². The van der Waals surface area contributed by atoms with E-state index in [-0.39, 0.29) is 0 Å². The van der Waals surface area contributed by atoms with Crippen molar-refractivity contribution in [3.63, 3.8) is 0 Å². The molecule has 0 aliphatic rings. The van der Waals surface area contributed by atoms with Crippen LogP contribution < -0.4 is 11.8 Å². The molecule has 0 aromatic rings. The van der Waals surface area contributed by atoms with Gasteiger partial charge >= 0.3 is 0 Å². The zero-order valence-corrected chi connectivity index (χ0v) is 4.91. The van der Waals surface area contributed by atoms with Gasteiger partial charge in [0.1, 0.15) is 0 Å². The quantitative estimate of drug-likeness (QED) is 0.169. The summed E-state index contributed by atoms with van der Waals surface area (Å²) in [5, 5.41) is 13.0. The Balaban J connectivity index is -0.0000000771. The second-order valence-electron chi connectivity index (χ2n) is 0.408. The Morgan fingerprint density at radius 2 is 1.00 bits per heavy atom. The number of hydrogen-bond acceptors (Lipinski definition) is 8. The summed E-state index contributed by atoms with van der Waals surface area (Å²) in [7, 11) is -5.17. The van der Waals surface area contributed by atoms with Gasteiger partial charge in [0.2, 0.25) is 0 Å². The molecule has 0 aromatic carbocycles. The minimum absolute atomic E-state index is 3.50. The smallest absolute Gasteiger partial charge is 0.0311 e. The molecule has 0 atom stereocenters. The minimum atomic E-state index is -5.17. The third kappa shape index (κ3) is 2990. The Morgan fingerprint density at radius 1 is 1.00 bits per heavy atom. The fourth-order valence-electron chi connectivity index (χ4n) is 0. The normalized spacial score (nSPS) is 7.78. The number of rotatable bonds is 0. The predicted octanol–water partition coefficient (Wildman–Crippen LogP) is -2.67. The van der Waals surface area contributed by atoms with Crippen molar-refractivity contribution in [3.05, 3.63) is 0 Å². The molecule has 0 aromatic heterocycles. The predicted molar refractivity (Wildman–Crippen MR) is 22.4 cm³/mol. The first-order valence-corrected chi connectivity index (χ1v) is 2.52. The van der Waals surface area contributed by atoms with Gasteiger partial charge < -0.3 is 19.5 Å². The average Bonchev–Trinajstić information content (AvgIpc) is 1.72. The maximum atomic E-state index is 8.52. The summed E-state index contributed by atoms with van der Waals surface area (Å²) in [6.07, 6.45) is 0. The summed E-state index contributed by atoms with van der Waals surface area (Å²) < 4.78 is 34.1. The zero-order chi connectivity index (χ0) is 8.50. The molecule has 0 spiro atoms. The summed E-state index contributed by atoms with van der Waals surface area (Å²) in [6, 6.07) is 0. The lowest BCUT2D eigenvalue weighted by Gasteiger charge is -2.06. The van der Waals surface area contributed by atoms with Gasteiger partial charge in [-0.3, -0.25) is 8.42 Å². The van der Waals surface area contributed by atoms with Crippen LogP contribution >= 0.6 is 0 Å². The van der Waals surface area contributed by atoms with Gasteiger partial charge in [-0.15, -0.1) is 0 Å². The molecule has 8 nitrogen and oxygen atoms in total. The van der Waals surface area contributed by atoms with Gasteiger partial charge in [0, 0.05) is 10.4 Å². The van der Waals surface area contributed by atoms with Crippen LogP contribution in [-0.2, 0) is 10.4 Å². The molecule has 0 saturated carbocycles. The molecule has 60 valence electrons. The van der Waals surface area contributed by atoms with E-state index < -0.39 is 10.4 Å². The summed E-state index contributed by atoms with van der Waals surface area (Å²) in [4.78, 5) is 0. The standard InChI is InChI=1S/2H3NO.H2O4S/c2*1-2;1-5(2,3)4/h2*2H,1H2;(H2,1,2,3,4)/p-2. The van der Waals surface area contributed by atoms with Crippen LogP contribution in [0.15, 0.2) is 0 Å². The van der Waals surface area contributed by atoms with E-state index in [1.165, 1.54) is 0 Å². The lowest BCUT2D eigenvalue weighted by atomic mass is 13.6. The summed E-state index contributed by atoms with van der Waals surface area (Å²) in [6.45, 7) is 0. The fourth-order valence-corrected chi connectivity index (χ4v) is 0. The van der Waals surface area contributed by atoms with Gasteiger partial charge in [-0.2, -0.15) is 0 Å². The van der Waals surface area contributed by atoms with E-state index >= 15 is 0 Å². The van der Waals surface area contributed by atoms with Crippen LogP contribution in [0.1, 0.15) is 0 Å². The van der Waals surface area contributed by atoms with Gasteiger partial charge in [0.15, 0.2) is 0 Å². The van der Waals surface area contributed by atoms with Gasteiger partial charge in [-0.1, -0.05) is 0 Å². The Kier molecular flexibility index (Phi) is 18.8. The van der Waals surface area contributed by atoms with E-state index in [0.29, 0.717) is 0 Å². The molecular weight excluding hydrogens is 156 g/mol. The molecule has 0 rings (SSSR count). The highest BCUT2D eigenvalue weighted by Crippen LogP contribution is 1.57. The van der Waals surface area contributed by atoms with E-state index in [1.807, 2.05) is 0 Å². The molecule has 0 aliphatic carbocycles. The van der Waals surface area contributed by atoms with Crippen LogP contribution in [0, 0.1) is 0 Å². The maximum Gasteiger partial charge on any atom is 0.0311 e. The van der Waals surface area contributed by atoms with Gasteiger partial charge in [-0.05, 0) is 0 Å². The van der Waals surface area contributed by atoms with Crippen LogP contribution in [-0.4, -0.2) is 27.9 Å². The lowest BCUT2D eigenvalue weighted by Crippen LogP contribution is -1.91. The number of nitrogens with two attached hydrogens (primary N) is 2. The summed E-state index contributed by atoms with van der Waals surface area (Å²) in [5.74, 6) is 7.00. The molecule has 0 radical (unpaired) electrons. The highest BCUT2D eigenvalue weighted by molar-refractivity contribution is 7.79. The highest BCUT2D eigenvalue weighted by Gasteiger charge is 1.49. The van der Waals surface area contributed by atoms with E-state index in [2.05, 4.69) is 11.8 Å². The molecule has 6 N–H and O–H groups in total. The number of hydrogen-bond donors (Lipinski definition) is 4. The molecule has 0 amide bonds. The SMILES string of the molecule is NO.NO.O=S(=O)([O-])[O-]. The summed E-state index contributed by atoms with van der Waals surface area (Å²) >= 11 is 0. The summed E-state index contributed by atoms with van der Waals surface area (Å²) in [5.41, 5.74) is 0. The third-order valence-electron chi connectivity index (χ3n) is 0. The Bertz CT molecular complexity index is 94.2. The molecule has 0 heterocycles. The maximum absolute atomic E-state index is 8.52. The van der Waals surface area contributed by atoms with Crippen LogP contribution in [0.2, 0.25) is 0 Å². The molecule has 9 heteroatoms. The highest BCUT2D eigenvalue weighted by atomic mass is 32.3. The van der Waals surface area contributed by atoms with Crippen molar-refractivity contribution in [2.24, 2.45) is 11.8 Å². The van der Waals surface area contributed by atoms with Gasteiger partial charge in [0.25, 0.3) is 0 Å². The van der Waals surface area contributed by atoms with Crippen LogP contribution in [0.3, 0.4) is 0 Å². The molecule has 0 saturated heterocycles. The van der Waals surface area contributed by atoms with Crippen molar-refractivity contribution in [2.75, 3.05) is 0 Å². The van der Waals surface area contributed by atoms with Crippen LogP contribution in [0.5, 0.6) is 0 Å². The van der Waals surface area contributed by atoms with Crippen LogP contribution in [0.25, 0.3) is 0 Å². The van der Waals surface area contributed by atoms with E-state index in [9.17, 15) is 0 Å². The van der Waals surface area contributed by atoms with E-state index in [4.69, 9.17) is 27.9 Å². The van der Waals surface area contributed by atoms with Crippen LogP contribution in [0.4, 0.5) is 0 Å². The third-order valence-corrected chi connectivity index (χ3v) is 0. The monoisotopic (exact) mass is 162 g/mol. The second-order valence-corrected chi connectivity index (χ2v) is 1.22. The molecular formula is H6N2O6S-2. The van der Waals surface area contributed by atoms with Gasteiger partial charge in [-0.25, -0.2) is 11.8 Å². The Hall–Kier alpha value is -0.290. The molecule has 0 bridgehead atoms. The average molecular weight is 162 g/mol. The molecule has 0 unspecified atom stereocenters. The van der Waals surface area contributed by atoms with E-state index in [1.54, 1.807) is 0 Å². The minimum Gasteiger partial charge on any atom is -0.759 e. The largest absolute Gasteiger partial charge is 0.759 e. The second kappa shape index (κ2) is 10.6. The first kappa shape index (κ1) is 15.9. The first-order valence-electron chi connectivity index (χ1n) is 1.18. The first-order chi connectivity index (χ1) is 4.00. The molecule has 0 fully saturated rings. The topological polar surface area (TPSA) is 173 Å². The van der Waals surface area contributed by atoms with Crippen molar-refractivity contribution >= 4 is 10.4 Å². The van der Waals surface area contributed by atoms with Crippen molar-refractivity contribution in [1.29, 1.82) is 0 Å². The molecule has 9 heavy (non-hydrogen) atoms. The van der Waals surface area contributed by atoms with E-state index in [0.717, 1.165) is 0 Å². The molecule has 0 aliphatic heterocycles. The van der Waals surface area contributed by atoms with Crippen molar-refractivity contribution in [1.82, 2.24) is 0 Å². The zero-order valence-electron chi connectivity index (χ0n) is 4.09. The van der Waals surface area contributed by atoms with Crippen molar-refractivity contribution in [3.8, 4) is 0 Å². The van der Waals surface area contributed by atoms with Crippen molar-refractivity contribution in [2.45, 2.75) is 0 Å². The Labute approximate surface area is 51.2 Å². The fraction of sp³-hybridized carbons (Fsp3) is 0. The lowest BCUT2D eigenvalue weighted by molar-refractivity contribution is 0.311. The van der Waals surface area contributed by atoms with Gasteiger partial charge in [0.05, 0.1) is 0 Å².